The molecule has 144 valence electrons. The second-order valence-corrected chi connectivity index (χ2v) is 6.08. The molecule has 0 aliphatic carbocycles. The van der Waals surface area contributed by atoms with Crippen LogP contribution in [0.5, 0.6) is 0 Å². The summed E-state index contributed by atoms with van der Waals surface area (Å²) in [5.41, 5.74) is 1.00. The van der Waals surface area contributed by atoms with Gasteiger partial charge in [-0.15, -0.1) is 0 Å². The van der Waals surface area contributed by atoms with Gasteiger partial charge >= 0.3 is 11.9 Å². The molecule has 1 amide bonds. The number of carboxylic acids is 2. The molecule has 1 aromatic rings. The summed E-state index contributed by atoms with van der Waals surface area (Å²) in [6.07, 6.45) is 0. The molecule has 0 spiro atoms. The van der Waals surface area contributed by atoms with E-state index >= 15 is 0 Å². The molecule has 0 radical (unpaired) electrons. The molecule has 1 aliphatic rings. The predicted octanol–water partition coefficient (Wildman–Crippen LogP) is 0.187. The summed E-state index contributed by atoms with van der Waals surface area (Å²) in [6.45, 7) is 4.85. The molecule has 0 atom stereocenters. The van der Waals surface area contributed by atoms with Crippen molar-refractivity contribution in [1.82, 2.24) is 14.7 Å². The molecule has 1 aliphatic heterocycles. The molecule has 26 heavy (non-hydrogen) atoms. The summed E-state index contributed by atoms with van der Waals surface area (Å²) in [5, 5.41) is 14.8. The van der Waals surface area contributed by atoms with Gasteiger partial charge in [0.1, 0.15) is 5.82 Å². The van der Waals surface area contributed by atoms with E-state index in [2.05, 4.69) is 9.80 Å². The number of hydrogen-bond donors (Lipinski definition) is 2. The Labute approximate surface area is 151 Å². The molecule has 1 aromatic carbocycles. The number of likely N-dealkylation sites (N-methyl/N-ethyl adjacent to an activating group) is 1. The van der Waals surface area contributed by atoms with E-state index in [4.69, 9.17) is 19.8 Å². The van der Waals surface area contributed by atoms with Gasteiger partial charge in [0, 0.05) is 46.8 Å². The fourth-order valence-corrected chi connectivity index (χ4v) is 2.33. The molecule has 0 bridgehead atoms. The molecule has 2 rings (SSSR count). The summed E-state index contributed by atoms with van der Waals surface area (Å²) in [6, 6.07) is 6.75. The number of amides is 1. The summed E-state index contributed by atoms with van der Waals surface area (Å²) in [5.74, 6) is -3.69. The number of halogens is 1. The number of carbonyl (C=O) groups is 3. The predicted molar refractivity (Wildman–Crippen MR) is 92.1 cm³/mol. The molecule has 0 saturated carbocycles. The minimum absolute atomic E-state index is 0.142. The van der Waals surface area contributed by atoms with Gasteiger partial charge in [0.05, 0.1) is 6.54 Å². The summed E-state index contributed by atoms with van der Waals surface area (Å²) in [7, 11) is 3.56. The molecule has 0 unspecified atom stereocenters. The van der Waals surface area contributed by atoms with Crippen molar-refractivity contribution in [3.05, 3.63) is 35.6 Å². The summed E-state index contributed by atoms with van der Waals surface area (Å²) < 4.78 is 13.1. The second-order valence-electron chi connectivity index (χ2n) is 6.08. The van der Waals surface area contributed by atoms with Crippen LogP contribution in [-0.4, -0.2) is 89.6 Å². The quantitative estimate of drug-likeness (QED) is 0.731. The van der Waals surface area contributed by atoms with Crippen molar-refractivity contribution in [2.24, 2.45) is 0 Å². The van der Waals surface area contributed by atoms with E-state index in [-0.39, 0.29) is 11.7 Å². The van der Waals surface area contributed by atoms with Crippen LogP contribution in [0.25, 0.3) is 0 Å². The van der Waals surface area contributed by atoms with E-state index in [1.54, 1.807) is 31.1 Å². The molecule has 1 saturated heterocycles. The zero-order chi connectivity index (χ0) is 19.7. The molecular weight excluding hydrogens is 345 g/mol. The number of carboxylic acid groups (broad SMARTS) is 2. The monoisotopic (exact) mass is 369 g/mol. The van der Waals surface area contributed by atoms with Crippen molar-refractivity contribution in [2.75, 3.05) is 46.8 Å². The number of piperazine rings is 1. The van der Waals surface area contributed by atoms with Gasteiger partial charge in [-0.3, -0.25) is 14.6 Å². The molecule has 9 heteroatoms. The highest BCUT2D eigenvalue weighted by Gasteiger charge is 2.19. The topological polar surface area (TPSA) is 101 Å². The van der Waals surface area contributed by atoms with Crippen LogP contribution in [0, 0.1) is 5.82 Å². The van der Waals surface area contributed by atoms with Crippen molar-refractivity contribution in [3.63, 3.8) is 0 Å². The number of carbonyl (C=O) groups excluding carboxylic acids is 1. The zero-order valence-corrected chi connectivity index (χ0v) is 14.9. The van der Waals surface area contributed by atoms with Gasteiger partial charge in [-0.05, 0) is 17.7 Å². The Bertz CT molecular complexity index is 619. The largest absolute Gasteiger partial charge is 0.473 e. The van der Waals surface area contributed by atoms with Gasteiger partial charge in [0.15, 0.2) is 0 Å². The third kappa shape index (κ3) is 8.04. The Morgan fingerprint density at radius 3 is 2.04 bits per heavy atom. The molecule has 0 aromatic heterocycles. The van der Waals surface area contributed by atoms with Crippen molar-refractivity contribution in [1.29, 1.82) is 0 Å². The van der Waals surface area contributed by atoms with Crippen LogP contribution < -0.4 is 0 Å². The summed E-state index contributed by atoms with van der Waals surface area (Å²) >= 11 is 0. The zero-order valence-electron chi connectivity index (χ0n) is 14.9. The van der Waals surface area contributed by atoms with Gasteiger partial charge in [-0.25, -0.2) is 14.0 Å². The Hall–Kier alpha value is -2.52. The summed E-state index contributed by atoms with van der Waals surface area (Å²) in [4.78, 5) is 35.9. The number of nitrogens with zero attached hydrogens (tertiary/aromatic N) is 3. The number of hydrogen-bond acceptors (Lipinski definition) is 5. The normalized spacial score (nSPS) is 14.9. The number of rotatable bonds is 4. The van der Waals surface area contributed by atoms with E-state index in [9.17, 15) is 9.18 Å². The van der Waals surface area contributed by atoms with E-state index < -0.39 is 11.9 Å². The highest BCUT2D eigenvalue weighted by Crippen LogP contribution is 2.10. The molecule has 2 N–H and O–H groups in total. The Morgan fingerprint density at radius 2 is 1.58 bits per heavy atom. The maximum absolute atomic E-state index is 13.1. The van der Waals surface area contributed by atoms with Crippen molar-refractivity contribution >= 4 is 17.8 Å². The molecule has 1 fully saturated rings. The van der Waals surface area contributed by atoms with Crippen molar-refractivity contribution < 1.29 is 29.0 Å². The fraction of sp³-hybridized carbons (Fsp3) is 0.471. The minimum atomic E-state index is -1.82. The third-order valence-electron chi connectivity index (χ3n) is 3.80. The first-order valence-corrected chi connectivity index (χ1v) is 8.04. The van der Waals surface area contributed by atoms with Crippen LogP contribution in [0.2, 0.25) is 0 Å². The minimum Gasteiger partial charge on any atom is -0.473 e. The van der Waals surface area contributed by atoms with Crippen molar-refractivity contribution in [3.8, 4) is 0 Å². The lowest BCUT2D eigenvalue weighted by Crippen LogP contribution is -2.48. The number of aliphatic carboxylic acids is 2. The lowest BCUT2D eigenvalue weighted by atomic mass is 10.2. The van der Waals surface area contributed by atoms with E-state index in [1.807, 2.05) is 6.07 Å². The Morgan fingerprint density at radius 1 is 1.04 bits per heavy atom. The highest BCUT2D eigenvalue weighted by molar-refractivity contribution is 6.27. The second kappa shape index (κ2) is 10.5. The van der Waals surface area contributed by atoms with Gasteiger partial charge in [0.2, 0.25) is 5.91 Å². The average Bonchev–Trinajstić information content (AvgIpc) is 2.57. The SMILES string of the molecule is CN(C)C(=O)CN1CCN(Cc2cccc(F)c2)CC1.O=C(O)C(=O)O. The third-order valence-corrected chi connectivity index (χ3v) is 3.80. The lowest BCUT2D eigenvalue weighted by Gasteiger charge is -2.34. The van der Waals surface area contributed by atoms with Crippen LogP contribution in [0.3, 0.4) is 0 Å². The average molecular weight is 369 g/mol. The van der Waals surface area contributed by atoms with E-state index in [1.165, 1.54) is 6.07 Å². The van der Waals surface area contributed by atoms with E-state index in [0.29, 0.717) is 6.54 Å². The van der Waals surface area contributed by atoms with Crippen LogP contribution >= 0.6 is 0 Å². The first-order chi connectivity index (χ1) is 12.2. The van der Waals surface area contributed by atoms with Gasteiger partial charge in [-0.2, -0.15) is 0 Å². The van der Waals surface area contributed by atoms with Gasteiger partial charge in [0.25, 0.3) is 0 Å². The molecule has 8 nitrogen and oxygen atoms in total. The fourth-order valence-electron chi connectivity index (χ4n) is 2.33. The van der Waals surface area contributed by atoms with Crippen LogP contribution in [0.1, 0.15) is 5.56 Å². The van der Waals surface area contributed by atoms with Gasteiger partial charge < -0.3 is 15.1 Å². The lowest BCUT2D eigenvalue weighted by molar-refractivity contribution is -0.159. The first-order valence-electron chi connectivity index (χ1n) is 8.04. The Kier molecular flexibility index (Phi) is 8.66. The maximum Gasteiger partial charge on any atom is 0.414 e. The molecule has 1 heterocycles. The standard InChI is InChI=1S/C15H22FN3O.C2H2O4/c1-17(2)15(20)12-19-8-6-18(7-9-19)11-13-4-3-5-14(16)10-13;3-1(4)2(5)6/h3-5,10H,6-9,11-12H2,1-2H3;(H,3,4)(H,5,6). The van der Waals surface area contributed by atoms with Gasteiger partial charge in [-0.1, -0.05) is 12.1 Å². The number of benzene rings is 1. The van der Waals surface area contributed by atoms with Crippen LogP contribution in [0.4, 0.5) is 4.39 Å². The van der Waals surface area contributed by atoms with Crippen LogP contribution in [0.15, 0.2) is 24.3 Å². The maximum atomic E-state index is 13.1. The Balaban J connectivity index is 0.000000487. The first kappa shape index (κ1) is 21.5. The van der Waals surface area contributed by atoms with E-state index in [0.717, 1.165) is 38.3 Å². The van der Waals surface area contributed by atoms with Crippen molar-refractivity contribution in [2.45, 2.75) is 6.54 Å². The highest BCUT2D eigenvalue weighted by atomic mass is 19.1. The molecular formula is C17H24FN3O5. The van der Waals surface area contributed by atoms with Crippen LogP contribution in [-0.2, 0) is 20.9 Å². The smallest absolute Gasteiger partial charge is 0.414 e.